The van der Waals surface area contributed by atoms with E-state index in [0.717, 1.165) is 64.2 Å². The molecule has 0 aliphatic carbocycles. The van der Waals surface area contributed by atoms with Gasteiger partial charge >= 0.3 is 0 Å². The van der Waals surface area contributed by atoms with E-state index in [1.807, 2.05) is 6.08 Å². The molecule has 19 heteroatoms. The zero-order chi connectivity index (χ0) is 68.2. The third-order valence-corrected chi connectivity index (χ3v) is 18.2. The fourth-order valence-corrected chi connectivity index (χ4v) is 12.3. The molecule has 3 fully saturated rings. The molecule has 0 aromatic rings. The maximum atomic E-state index is 13.4. The number of nitrogens with one attached hydrogen (secondary N) is 1. The minimum atomic E-state index is -1.98. The van der Waals surface area contributed by atoms with Crippen LogP contribution in [0, 0.1) is 0 Å². The van der Waals surface area contributed by atoms with E-state index in [9.17, 15) is 61.0 Å². The molecule has 0 aromatic heterocycles. The quantitative estimate of drug-likeness (QED) is 0.0199. The van der Waals surface area contributed by atoms with Crippen molar-refractivity contribution in [2.24, 2.45) is 0 Å². The van der Waals surface area contributed by atoms with Gasteiger partial charge in [-0.05, 0) is 70.6 Å². The summed E-state index contributed by atoms with van der Waals surface area (Å²) in [5, 5.41) is 121. The summed E-state index contributed by atoms with van der Waals surface area (Å²) >= 11 is 0. The molecule has 1 amide bonds. The lowest BCUT2D eigenvalue weighted by Gasteiger charge is -2.48. The molecular formula is C75H133NO18. The molecule has 3 aliphatic rings. The van der Waals surface area contributed by atoms with E-state index in [4.69, 9.17) is 28.4 Å². The number of carbonyl (C=O) groups is 1. The van der Waals surface area contributed by atoms with E-state index in [1.165, 1.54) is 167 Å². The van der Waals surface area contributed by atoms with Crippen LogP contribution in [0.4, 0.5) is 0 Å². The highest BCUT2D eigenvalue weighted by atomic mass is 16.8. The second kappa shape index (κ2) is 56.0. The molecule has 3 heterocycles. The first-order valence-electron chi connectivity index (χ1n) is 37.2. The summed E-state index contributed by atoms with van der Waals surface area (Å²) in [7, 11) is 0. The van der Waals surface area contributed by atoms with Crippen LogP contribution < -0.4 is 5.32 Å². The van der Waals surface area contributed by atoms with Crippen LogP contribution in [0.5, 0.6) is 0 Å². The van der Waals surface area contributed by atoms with Crippen molar-refractivity contribution in [3.05, 3.63) is 72.9 Å². The van der Waals surface area contributed by atoms with Crippen molar-refractivity contribution in [2.45, 2.75) is 369 Å². The number of aliphatic hydroxyl groups excluding tert-OH is 11. The van der Waals surface area contributed by atoms with E-state index in [2.05, 4.69) is 79.9 Å². The Morgan fingerprint density at radius 2 is 0.745 bits per heavy atom. The predicted octanol–water partition coefficient (Wildman–Crippen LogP) is 10.9. The van der Waals surface area contributed by atoms with Gasteiger partial charge in [0.05, 0.1) is 38.6 Å². The number of carbonyl (C=O) groups excluding carboxylic acids is 1. The fraction of sp³-hybridized carbons (Fsp3) is 0.827. The molecule has 0 spiro atoms. The van der Waals surface area contributed by atoms with E-state index in [-0.39, 0.29) is 18.9 Å². The lowest BCUT2D eigenvalue weighted by molar-refractivity contribution is -0.379. The van der Waals surface area contributed by atoms with Crippen LogP contribution in [-0.4, -0.2) is 193 Å². The van der Waals surface area contributed by atoms with Crippen molar-refractivity contribution in [1.29, 1.82) is 0 Å². The van der Waals surface area contributed by atoms with Gasteiger partial charge in [-0.1, -0.05) is 260 Å². The number of ether oxygens (including phenoxy) is 6. The molecule has 3 aliphatic heterocycles. The summed E-state index contributed by atoms with van der Waals surface area (Å²) in [6, 6.07) is -0.991. The summed E-state index contributed by atoms with van der Waals surface area (Å²) in [5.74, 6) is -0.284. The molecule has 0 radical (unpaired) electrons. The molecule has 0 aromatic carbocycles. The maximum Gasteiger partial charge on any atom is 0.220 e. The van der Waals surface area contributed by atoms with Crippen LogP contribution in [0.3, 0.4) is 0 Å². The summed E-state index contributed by atoms with van der Waals surface area (Å²) in [5.41, 5.74) is 0. The Bertz CT molecular complexity index is 1980. The second-order valence-corrected chi connectivity index (χ2v) is 26.4. The van der Waals surface area contributed by atoms with Crippen molar-refractivity contribution in [3.8, 4) is 0 Å². The molecule has 0 saturated carbocycles. The first-order valence-corrected chi connectivity index (χ1v) is 37.2. The first kappa shape index (κ1) is 85.5. The Morgan fingerprint density at radius 3 is 1.19 bits per heavy atom. The molecule has 12 N–H and O–H groups in total. The third kappa shape index (κ3) is 36.9. The molecule has 3 rings (SSSR count). The fourth-order valence-electron chi connectivity index (χ4n) is 12.3. The van der Waals surface area contributed by atoms with Gasteiger partial charge in [0.15, 0.2) is 18.9 Å². The van der Waals surface area contributed by atoms with Gasteiger partial charge in [-0.15, -0.1) is 0 Å². The van der Waals surface area contributed by atoms with Crippen molar-refractivity contribution in [2.75, 3.05) is 26.4 Å². The van der Waals surface area contributed by atoms with Gasteiger partial charge in [0, 0.05) is 6.42 Å². The van der Waals surface area contributed by atoms with Crippen LogP contribution in [-0.2, 0) is 33.2 Å². The van der Waals surface area contributed by atoms with Gasteiger partial charge in [0.2, 0.25) is 5.91 Å². The largest absolute Gasteiger partial charge is 0.394 e. The average molecular weight is 1340 g/mol. The lowest BCUT2D eigenvalue weighted by Crippen LogP contribution is -2.66. The SMILES string of the molecule is CC/C=C\C/C=C\C/C=C\C/C=C\CCCCCCCCCCCCCCCCCCCCCCC(=O)NC(COC1OC(CO)C(OC2OC(CO)C(OC3OC(CO)C(O)C(O)C3O)C(O)C2O)C(O)C1O)C(O)/C=C/CC/C=C/CCCCCCCCCCCC. The van der Waals surface area contributed by atoms with Crippen molar-refractivity contribution < 1.29 is 89.4 Å². The summed E-state index contributed by atoms with van der Waals surface area (Å²) in [6.45, 7) is 1.61. The normalized spacial score (nSPS) is 27.8. The summed E-state index contributed by atoms with van der Waals surface area (Å²) < 4.78 is 34.4. The summed E-state index contributed by atoms with van der Waals surface area (Å²) in [6.07, 6.45) is 44.7. The number of aliphatic hydroxyl groups is 11. The highest BCUT2D eigenvalue weighted by Crippen LogP contribution is 2.33. The molecule has 19 nitrogen and oxygen atoms in total. The number of allylic oxidation sites excluding steroid dienone is 11. The van der Waals surface area contributed by atoms with E-state index in [0.29, 0.717) is 12.8 Å². The lowest BCUT2D eigenvalue weighted by atomic mass is 9.96. The van der Waals surface area contributed by atoms with Crippen molar-refractivity contribution in [3.63, 3.8) is 0 Å². The van der Waals surface area contributed by atoms with E-state index in [1.54, 1.807) is 6.08 Å². The Kier molecular flexibility index (Phi) is 50.9. The molecule has 546 valence electrons. The van der Waals surface area contributed by atoms with Crippen LogP contribution in [0.15, 0.2) is 72.9 Å². The maximum absolute atomic E-state index is 13.4. The highest BCUT2D eigenvalue weighted by Gasteiger charge is 2.53. The van der Waals surface area contributed by atoms with Gasteiger partial charge < -0.3 is 89.9 Å². The van der Waals surface area contributed by atoms with Crippen LogP contribution in [0.1, 0.15) is 264 Å². The zero-order valence-electron chi connectivity index (χ0n) is 57.9. The summed E-state index contributed by atoms with van der Waals surface area (Å²) in [4.78, 5) is 13.4. The molecule has 0 bridgehead atoms. The predicted molar refractivity (Wildman–Crippen MR) is 369 cm³/mol. The van der Waals surface area contributed by atoms with Crippen LogP contribution in [0.2, 0.25) is 0 Å². The molecule has 94 heavy (non-hydrogen) atoms. The van der Waals surface area contributed by atoms with Gasteiger partial charge in [0.1, 0.15) is 73.2 Å². The number of unbranched alkanes of at least 4 members (excludes halogenated alkanes) is 31. The molecule has 3 saturated heterocycles. The molecular weight excluding hydrogens is 1200 g/mol. The first-order chi connectivity index (χ1) is 45.8. The number of hydrogen-bond donors (Lipinski definition) is 12. The molecule has 17 atom stereocenters. The van der Waals surface area contributed by atoms with Crippen molar-refractivity contribution in [1.82, 2.24) is 5.32 Å². The van der Waals surface area contributed by atoms with Gasteiger partial charge in [-0.2, -0.15) is 0 Å². The van der Waals surface area contributed by atoms with Crippen molar-refractivity contribution >= 4 is 5.91 Å². The average Bonchev–Trinajstić information content (AvgIpc) is 0.787. The Hall–Kier alpha value is -2.77. The highest BCUT2D eigenvalue weighted by molar-refractivity contribution is 5.76. The van der Waals surface area contributed by atoms with Gasteiger partial charge in [-0.25, -0.2) is 0 Å². The minimum Gasteiger partial charge on any atom is -0.394 e. The van der Waals surface area contributed by atoms with Gasteiger partial charge in [0.25, 0.3) is 0 Å². The number of rotatable bonds is 57. The Balaban J connectivity index is 1.36. The van der Waals surface area contributed by atoms with Crippen LogP contribution >= 0.6 is 0 Å². The van der Waals surface area contributed by atoms with Crippen LogP contribution in [0.25, 0.3) is 0 Å². The Labute approximate surface area is 566 Å². The van der Waals surface area contributed by atoms with E-state index >= 15 is 0 Å². The number of hydrogen-bond acceptors (Lipinski definition) is 18. The Morgan fingerprint density at radius 1 is 0.394 bits per heavy atom. The number of amides is 1. The van der Waals surface area contributed by atoms with Gasteiger partial charge in [-0.3, -0.25) is 4.79 Å². The van der Waals surface area contributed by atoms with E-state index < -0.39 is 124 Å². The zero-order valence-corrected chi connectivity index (χ0v) is 57.9. The molecule has 17 unspecified atom stereocenters. The smallest absolute Gasteiger partial charge is 0.220 e. The monoisotopic (exact) mass is 1340 g/mol. The third-order valence-electron chi connectivity index (χ3n) is 18.2. The second-order valence-electron chi connectivity index (χ2n) is 26.4. The standard InChI is InChI=1S/C75H133NO18/c1-3-5-7-9-11-13-15-17-19-21-22-23-24-25-26-27-28-29-30-31-32-33-34-35-36-37-39-41-43-45-47-49-51-53-63(81)76-58(59(80)52-50-48-46-44-42-40-38-20-18-16-14-12-10-8-6-4-2)57-89-73-69(87)66(84)71(61(55-78)91-73)94-75-70(88)67(85)72(62(56-79)92-75)93-74-68(86)65(83)64(82)60(54-77)90-74/h5,7,11,13,17,19,22-23,42,44,50,52,58-62,64-75,77-80,82-88H,3-4,6,8-10,12,14-16,18,20-21,24-41,43,45-49,51,53-57H2,1-2H3,(H,76,81)/b7-5-,13-11-,19-17-,23-22-,44-42+,52-50+. The topological polar surface area (TPSA) is 307 Å². The minimum absolute atomic E-state index is 0.236.